The molecular weight excluding hydrogens is 452 g/mol. The third-order valence-corrected chi connectivity index (χ3v) is 7.20. The number of hydrogen-bond acceptors (Lipinski definition) is 8. The van der Waals surface area contributed by atoms with Gasteiger partial charge in [-0.15, -0.1) is 11.3 Å². The summed E-state index contributed by atoms with van der Waals surface area (Å²) in [4.78, 5) is 38.8. The Bertz CT molecular complexity index is 1120. The monoisotopic (exact) mass is 480 g/mol. The van der Waals surface area contributed by atoms with Gasteiger partial charge in [0.05, 0.1) is 17.1 Å². The van der Waals surface area contributed by atoms with Crippen LogP contribution in [0.3, 0.4) is 0 Å². The van der Waals surface area contributed by atoms with Crippen LogP contribution in [0.15, 0.2) is 47.6 Å². The standard InChI is InChI=1S/C23H28N8O2S/c1-30-9-7-15(8-10-30)31(2)22-24-13-16-20(29-22)26-17-6-5-14(12-18(17)27-21(16)32)25-23(33)28-19-4-3-11-34-19/h3-6,11-13,15,17-18H,7-10H2,1-2H3,(H,27,32)(H,24,26,29)(H2,25,28,33). The molecule has 1 saturated heterocycles. The number of anilines is 3. The molecule has 10 nitrogen and oxygen atoms in total. The Morgan fingerprint density at radius 1 is 1.24 bits per heavy atom. The van der Waals surface area contributed by atoms with Crippen molar-refractivity contribution in [3.05, 3.63) is 53.2 Å². The molecule has 2 atom stereocenters. The van der Waals surface area contributed by atoms with Crippen molar-refractivity contribution in [3.8, 4) is 0 Å². The number of nitrogens with zero attached hydrogens (tertiary/aromatic N) is 4. The highest BCUT2D eigenvalue weighted by Gasteiger charge is 2.31. The van der Waals surface area contributed by atoms with Crippen molar-refractivity contribution >= 4 is 40.0 Å². The zero-order valence-corrected chi connectivity index (χ0v) is 19.9. The van der Waals surface area contributed by atoms with E-state index in [1.54, 1.807) is 6.20 Å². The smallest absolute Gasteiger partial charge is 0.324 e. The van der Waals surface area contributed by atoms with Gasteiger partial charge in [-0.05, 0) is 62.6 Å². The average Bonchev–Trinajstić information content (AvgIpc) is 3.28. The molecule has 2 aromatic rings. The summed E-state index contributed by atoms with van der Waals surface area (Å²) in [7, 11) is 4.15. The molecule has 1 aliphatic carbocycles. The first kappa shape index (κ1) is 22.4. The Balaban J connectivity index is 1.29. The van der Waals surface area contributed by atoms with Gasteiger partial charge in [-0.3, -0.25) is 10.1 Å². The van der Waals surface area contributed by atoms with Crippen molar-refractivity contribution in [2.75, 3.05) is 42.7 Å². The van der Waals surface area contributed by atoms with Gasteiger partial charge in [0.25, 0.3) is 5.91 Å². The minimum absolute atomic E-state index is 0.201. The minimum Gasteiger partial charge on any atom is -0.361 e. The van der Waals surface area contributed by atoms with E-state index in [0.717, 1.165) is 30.9 Å². The first-order chi connectivity index (χ1) is 16.5. The van der Waals surface area contributed by atoms with Crippen molar-refractivity contribution in [3.63, 3.8) is 0 Å². The van der Waals surface area contributed by atoms with E-state index in [1.165, 1.54) is 11.3 Å². The zero-order chi connectivity index (χ0) is 23.7. The van der Waals surface area contributed by atoms with Gasteiger partial charge < -0.3 is 25.8 Å². The Morgan fingerprint density at radius 3 is 2.82 bits per heavy atom. The molecular formula is C23H28N8O2S. The molecule has 3 amide bonds. The number of carbonyl (C=O) groups excluding carboxylic acids is 2. The Kier molecular flexibility index (Phi) is 6.20. The van der Waals surface area contributed by atoms with Gasteiger partial charge in [0.15, 0.2) is 0 Å². The number of rotatable bonds is 4. The van der Waals surface area contributed by atoms with E-state index in [1.807, 2.05) is 42.8 Å². The zero-order valence-electron chi connectivity index (χ0n) is 19.1. The molecule has 5 rings (SSSR count). The molecule has 34 heavy (non-hydrogen) atoms. The molecule has 2 aliphatic heterocycles. The second kappa shape index (κ2) is 9.43. The molecule has 3 aliphatic rings. The molecule has 0 saturated carbocycles. The predicted octanol–water partition coefficient (Wildman–Crippen LogP) is 2.24. The van der Waals surface area contributed by atoms with Gasteiger partial charge >= 0.3 is 6.03 Å². The molecule has 0 aromatic carbocycles. The van der Waals surface area contributed by atoms with E-state index in [4.69, 9.17) is 4.98 Å². The van der Waals surface area contributed by atoms with Gasteiger partial charge in [0, 0.05) is 25.0 Å². The summed E-state index contributed by atoms with van der Waals surface area (Å²) in [5, 5.41) is 14.6. The van der Waals surface area contributed by atoms with Crippen LogP contribution in [0.25, 0.3) is 0 Å². The van der Waals surface area contributed by atoms with E-state index in [9.17, 15) is 9.59 Å². The Hall–Kier alpha value is -3.44. The van der Waals surface area contributed by atoms with Gasteiger partial charge in [-0.25, -0.2) is 9.78 Å². The molecule has 4 heterocycles. The fourth-order valence-electron chi connectivity index (χ4n) is 4.41. The molecule has 2 unspecified atom stereocenters. The summed E-state index contributed by atoms with van der Waals surface area (Å²) < 4.78 is 0. The number of hydrogen-bond donors (Lipinski definition) is 4. The quantitative estimate of drug-likeness (QED) is 0.531. The van der Waals surface area contributed by atoms with Gasteiger partial charge in [0.2, 0.25) is 5.95 Å². The number of allylic oxidation sites excluding steroid dienone is 1. The SMILES string of the molecule is CN1CCC(N(C)c2ncc3c(n2)NC2C=CC(NC(=O)Nc4cccs4)=CC2NC3=O)CC1. The third-order valence-electron chi connectivity index (χ3n) is 6.42. The summed E-state index contributed by atoms with van der Waals surface area (Å²) in [5.41, 5.74) is 1.01. The number of thiophene rings is 1. The predicted molar refractivity (Wildman–Crippen MR) is 133 cm³/mol. The van der Waals surface area contributed by atoms with Gasteiger partial charge in [-0.1, -0.05) is 6.08 Å². The minimum atomic E-state index is -0.348. The van der Waals surface area contributed by atoms with E-state index < -0.39 is 0 Å². The highest BCUT2D eigenvalue weighted by Crippen LogP contribution is 2.26. The summed E-state index contributed by atoms with van der Waals surface area (Å²) >= 11 is 1.44. The topological polar surface area (TPSA) is 115 Å². The first-order valence-electron chi connectivity index (χ1n) is 11.3. The molecule has 4 N–H and O–H groups in total. The molecule has 0 spiro atoms. The van der Waals surface area contributed by atoms with Crippen molar-refractivity contribution in [1.29, 1.82) is 0 Å². The van der Waals surface area contributed by atoms with Gasteiger partial charge in [-0.2, -0.15) is 4.98 Å². The lowest BCUT2D eigenvalue weighted by Gasteiger charge is -2.35. The van der Waals surface area contributed by atoms with E-state index in [0.29, 0.717) is 29.1 Å². The summed E-state index contributed by atoms with van der Waals surface area (Å²) in [5.74, 6) is 0.868. The molecule has 0 radical (unpaired) electrons. The number of piperidine rings is 1. The highest BCUT2D eigenvalue weighted by molar-refractivity contribution is 7.14. The van der Waals surface area contributed by atoms with Crippen LogP contribution in [0, 0.1) is 0 Å². The maximum atomic E-state index is 12.9. The number of fused-ring (bicyclic) bond motifs is 2. The van der Waals surface area contributed by atoms with E-state index in [2.05, 4.69) is 43.1 Å². The maximum Gasteiger partial charge on any atom is 0.324 e. The van der Waals surface area contributed by atoms with Crippen LogP contribution in [0.1, 0.15) is 23.2 Å². The fraction of sp³-hybridized carbons (Fsp3) is 0.391. The number of nitrogens with one attached hydrogen (secondary N) is 4. The van der Waals surface area contributed by atoms with Crippen LogP contribution in [0.2, 0.25) is 0 Å². The van der Waals surface area contributed by atoms with Crippen molar-refractivity contribution in [2.24, 2.45) is 0 Å². The highest BCUT2D eigenvalue weighted by atomic mass is 32.1. The van der Waals surface area contributed by atoms with Crippen LogP contribution in [-0.4, -0.2) is 72.1 Å². The molecule has 11 heteroatoms. The number of aromatic nitrogens is 2. The van der Waals surface area contributed by atoms with Crippen molar-refractivity contribution in [2.45, 2.75) is 31.0 Å². The average molecular weight is 481 g/mol. The van der Waals surface area contributed by atoms with Crippen molar-refractivity contribution in [1.82, 2.24) is 25.5 Å². The lowest BCUT2D eigenvalue weighted by Crippen LogP contribution is -2.44. The summed E-state index contributed by atoms with van der Waals surface area (Å²) in [6.45, 7) is 2.09. The Morgan fingerprint density at radius 2 is 2.06 bits per heavy atom. The second-order valence-corrected chi connectivity index (χ2v) is 9.73. The van der Waals surface area contributed by atoms with Crippen LogP contribution in [0.5, 0.6) is 0 Å². The lowest BCUT2D eigenvalue weighted by molar-refractivity contribution is 0.0946. The number of carbonyl (C=O) groups is 2. The second-order valence-electron chi connectivity index (χ2n) is 8.78. The van der Waals surface area contributed by atoms with Crippen LogP contribution in [0.4, 0.5) is 21.6 Å². The lowest BCUT2D eigenvalue weighted by atomic mass is 10.0. The first-order valence-corrected chi connectivity index (χ1v) is 12.2. The van der Waals surface area contributed by atoms with Crippen LogP contribution < -0.4 is 26.2 Å². The van der Waals surface area contributed by atoms with E-state index >= 15 is 0 Å². The van der Waals surface area contributed by atoms with Crippen LogP contribution in [-0.2, 0) is 0 Å². The summed E-state index contributed by atoms with van der Waals surface area (Å²) in [6.07, 6.45) is 9.26. The van der Waals surface area contributed by atoms with Crippen LogP contribution >= 0.6 is 11.3 Å². The number of urea groups is 1. The Labute approximate surface area is 202 Å². The fourth-order valence-corrected chi connectivity index (χ4v) is 5.02. The maximum absolute atomic E-state index is 12.9. The molecule has 1 fully saturated rings. The third kappa shape index (κ3) is 4.75. The van der Waals surface area contributed by atoms with Gasteiger partial charge in [0.1, 0.15) is 11.4 Å². The molecule has 178 valence electrons. The molecule has 0 bridgehead atoms. The number of amides is 3. The van der Waals surface area contributed by atoms with E-state index in [-0.39, 0.29) is 24.0 Å². The van der Waals surface area contributed by atoms with Crippen molar-refractivity contribution < 1.29 is 9.59 Å². The summed E-state index contributed by atoms with van der Waals surface area (Å²) in [6, 6.07) is 3.19. The molecule has 2 aromatic heterocycles. The number of likely N-dealkylation sites (tertiary alicyclic amines) is 1. The normalized spacial score (nSPS) is 22.4. The largest absolute Gasteiger partial charge is 0.361 e.